The molecular weight excluding hydrogens is 1060 g/mol. The number of para-hydroxylation sites is 1. The van der Waals surface area contributed by atoms with Gasteiger partial charge in [-0.1, -0.05) is 165 Å². The van der Waals surface area contributed by atoms with Crippen LogP contribution in [-0.2, 0) is 25.5 Å². The zero-order valence-electron chi connectivity index (χ0n) is 53.0. The number of hydrogen-bond acceptors (Lipinski definition) is 4. The van der Waals surface area contributed by atoms with E-state index in [4.69, 9.17) is 30.3 Å². The largest absolute Gasteiger partial charge is 0.501 e. The predicted molar refractivity (Wildman–Crippen MR) is 297 cm³/mol. The molecule has 0 spiro atoms. The van der Waals surface area contributed by atoms with Gasteiger partial charge in [0.05, 0.1) is 22.4 Å². The van der Waals surface area contributed by atoms with Gasteiger partial charge in [0, 0.05) is 70.0 Å². The Kier molecular flexibility index (Phi) is 9.38. The Balaban J connectivity index is 0.000000230. The van der Waals surface area contributed by atoms with Crippen molar-refractivity contribution in [2.24, 2.45) is 0 Å². The van der Waals surface area contributed by atoms with Crippen LogP contribution in [0.15, 0.2) is 155 Å². The molecule has 5 nitrogen and oxygen atoms in total. The zero-order chi connectivity index (χ0) is 59.5. The average Bonchev–Trinajstić information content (AvgIpc) is 1.57. The van der Waals surface area contributed by atoms with Crippen LogP contribution < -0.4 is 0 Å². The minimum atomic E-state index is -2.66. The summed E-state index contributed by atoms with van der Waals surface area (Å²) in [5.74, 6) is 0.961. The maximum Gasteiger partial charge on any atom is 0.136 e. The van der Waals surface area contributed by atoms with E-state index in [2.05, 4.69) is 122 Å². The molecule has 0 atom stereocenters. The number of aromatic nitrogens is 3. The molecule has 6 heteroatoms. The number of hydrogen-bond donors (Lipinski definition) is 0. The van der Waals surface area contributed by atoms with Crippen LogP contribution in [0.1, 0.15) is 116 Å². The molecule has 4 aromatic heterocycles. The molecule has 361 valence electrons. The van der Waals surface area contributed by atoms with Crippen molar-refractivity contribution in [3.05, 3.63) is 197 Å². The number of imidazole rings is 1. The Morgan fingerprint density at radius 3 is 2.04 bits per heavy atom. The second kappa shape index (κ2) is 18.8. The van der Waals surface area contributed by atoms with Crippen LogP contribution >= 0.6 is 0 Å². The standard InChI is InChI=1S/C48H37N2O2.C18H22N.Ir/c1-27(2)36-23-32(30-13-7-6-8-14-30)24-37(28(3)4)45(36)50-46-33-16-10-9-15-31(33)20-22-40(46)49-48(50)35-21-19-29(5)44-39-26-42-38(25-43(39)52-47(35)44)34-17-11-12-18-41(34)51-42;1-12-7-8-15(9-13(12)2)17-10-16(18(4,5)6)14(3)11-19-17;/h6-20,22-28H,1-5H3;7-8,10-11H,1-6H3;/q2*-1;/i5D3;1D3,2D3,3D3;. The molecule has 0 aliphatic carbocycles. The summed E-state index contributed by atoms with van der Waals surface area (Å²) in [6.45, 7) is 4.55. The fourth-order valence-corrected chi connectivity index (χ4v) is 9.91. The van der Waals surface area contributed by atoms with Crippen LogP contribution in [0.2, 0.25) is 0 Å². The molecule has 0 amide bonds. The fraction of sp³-hybridized carbons (Fsp3) is 0.212. The molecular formula is C66H59IrN3O2-2. The van der Waals surface area contributed by atoms with Crippen molar-refractivity contribution >= 4 is 65.7 Å². The van der Waals surface area contributed by atoms with E-state index in [9.17, 15) is 0 Å². The van der Waals surface area contributed by atoms with Gasteiger partial charge in [-0.05, 0) is 105 Å². The molecule has 0 fully saturated rings. The Hall–Kier alpha value is -7.11. The van der Waals surface area contributed by atoms with Gasteiger partial charge in [-0.25, -0.2) is 0 Å². The maximum absolute atomic E-state index is 8.62. The number of nitrogens with zero attached hydrogens (tertiary/aromatic N) is 3. The molecule has 0 aliphatic heterocycles. The minimum absolute atomic E-state index is 0. The number of benzene rings is 8. The van der Waals surface area contributed by atoms with Crippen LogP contribution in [0, 0.1) is 39.5 Å². The van der Waals surface area contributed by atoms with Crippen molar-refractivity contribution in [1.29, 1.82) is 0 Å². The first-order valence-electron chi connectivity index (χ1n) is 29.9. The normalized spacial score (nSPS) is 15.1. The molecule has 0 unspecified atom stereocenters. The summed E-state index contributed by atoms with van der Waals surface area (Å²) >= 11 is 0. The van der Waals surface area contributed by atoms with Gasteiger partial charge in [0.25, 0.3) is 0 Å². The van der Waals surface area contributed by atoms with Gasteiger partial charge in [0.2, 0.25) is 0 Å². The van der Waals surface area contributed by atoms with E-state index in [0.29, 0.717) is 55.7 Å². The van der Waals surface area contributed by atoms with Crippen molar-refractivity contribution in [1.82, 2.24) is 14.5 Å². The van der Waals surface area contributed by atoms with Crippen molar-refractivity contribution in [3.8, 4) is 39.5 Å². The molecule has 0 saturated heterocycles. The van der Waals surface area contributed by atoms with Gasteiger partial charge in [0.1, 0.15) is 16.7 Å². The van der Waals surface area contributed by atoms with Gasteiger partial charge in [-0.3, -0.25) is 4.98 Å². The van der Waals surface area contributed by atoms with Crippen LogP contribution in [-0.4, -0.2) is 14.5 Å². The van der Waals surface area contributed by atoms with Crippen molar-refractivity contribution < 1.29 is 45.4 Å². The zero-order valence-corrected chi connectivity index (χ0v) is 43.4. The van der Waals surface area contributed by atoms with Crippen LogP contribution in [0.25, 0.3) is 105 Å². The number of rotatable bonds is 6. The monoisotopic (exact) mass is 1130 g/mol. The number of furan rings is 2. The third-order valence-electron chi connectivity index (χ3n) is 13.5. The van der Waals surface area contributed by atoms with E-state index in [1.54, 1.807) is 12.1 Å². The quantitative estimate of drug-likeness (QED) is 0.156. The van der Waals surface area contributed by atoms with E-state index < -0.39 is 32.8 Å². The van der Waals surface area contributed by atoms with Gasteiger partial charge < -0.3 is 18.4 Å². The van der Waals surface area contributed by atoms with Crippen LogP contribution in [0.5, 0.6) is 0 Å². The Labute approximate surface area is 453 Å². The van der Waals surface area contributed by atoms with Gasteiger partial charge >= 0.3 is 0 Å². The van der Waals surface area contributed by atoms with E-state index >= 15 is 0 Å². The van der Waals surface area contributed by atoms with Gasteiger partial charge in [0.15, 0.2) is 0 Å². The summed E-state index contributed by atoms with van der Waals surface area (Å²) < 4.78 is 110. The van der Waals surface area contributed by atoms with E-state index in [1.807, 2.05) is 63.2 Å². The third kappa shape index (κ3) is 8.45. The molecule has 1 radical (unpaired) electrons. The topological polar surface area (TPSA) is 57.0 Å². The second-order valence-corrected chi connectivity index (χ2v) is 20.0. The summed E-state index contributed by atoms with van der Waals surface area (Å²) in [4.78, 5) is 9.59. The number of aryl methyl sites for hydroxylation is 4. The summed E-state index contributed by atoms with van der Waals surface area (Å²) in [6, 6.07) is 51.6. The maximum atomic E-state index is 8.62. The molecule has 12 aromatic rings. The van der Waals surface area contributed by atoms with E-state index in [-0.39, 0.29) is 54.2 Å². The SMILES string of the molecule is [2H]C([2H])([2H])c1[c-]c(-c2cc(C(C)(C)C)c(C([2H])([2H])[2H])cn2)ccc1C([2H])([2H])[2H].[2H]C([2H])([2H])c1c[c-]c(-c2nc3ccc4ccccc4c3n2-c2c(C(C)C)cc(-c3ccccc3)cc2C(C)C)c2oc3cc4c(cc3c12)oc1ccccc14.[Ir]. The van der Waals surface area contributed by atoms with Crippen molar-refractivity contribution in [3.63, 3.8) is 0 Å². The first-order valence-corrected chi connectivity index (χ1v) is 23.9. The Bertz CT molecular complexity index is 4400. The minimum Gasteiger partial charge on any atom is -0.501 e. The van der Waals surface area contributed by atoms with Gasteiger partial charge in [-0.15, -0.1) is 52.6 Å². The summed E-state index contributed by atoms with van der Waals surface area (Å²) in [5, 5.41) is 5.24. The first kappa shape index (κ1) is 35.9. The Morgan fingerprint density at radius 1 is 0.625 bits per heavy atom. The summed E-state index contributed by atoms with van der Waals surface area (Å²) in [7, 11) is 0. The first-order chi connectivity index (χ1) is 39.0. The molecule has 0 N–H and O–H groups in total. The molecule has 8 aromatic carbocycles. The number of fused-ring (bicyclic) bond motifs is 9. The van der Waals surface area contributed by atoms with E-state index in [0.717, 1.165) is 55.0 Å². The predicted octanol–water partition coefficient (Wildman–Crippen LogP) is 18.4. The van der Waals surface area contributed by atoms with E-state index in [1.165, 1.54) is 29.5 Å². The molecule has 0 aliphatic rings. The summed E-state index contributed by atoms with van der Waals surface area (Å²) in [6.07, 6.45) is 1.27. The average molecular weight is 1130 g/mol. The summed E-state index contributed by atoms with van der Waals surface area (Å²) in [5.41, 5.74) is 10.9. The van der Waals surface area contributed by atoms with Gasteiger partial charge in [-0.2, -0.15) is 0 Å². The Morgan fingerprint density at radius 2 is 1.32 bits per heavy atom. The van der Waals surface area contributed by atoms with Crippen LogP contribution in [0.4, 0.5) is 0 Å². The van der Waals surface area contributed by atoms with Crippen LogP contribution in [0.3, 0.4) is 0 Å². The molecule has 0 bridgehead atoms. The smallest absolute Gasteiger partial charge is 0.136 e. The number of pyridine rings is 1. The third-order valence-corrected chi connectivity index (χ3v) is 13.5. The molecule has 0 saturated carbocycles. The molecule has 4 heterocycles. The molecule has 12 rings (SSSR count). The van der Waals surface area contributed by atoms with Crippen molar-refractivity contribution in [2.45, 2.75) is 93.1 Å². The molecule has 72 heavy (non-hydrogen) atoms. The fourth-order valence-electron chi connectivity index (χ4n) is 9.91. The second-order valence-electron chi connectivity index (χ2n) is 20.0. The van der Waals surface area contributed by atoms with Crippen molar-refractivity contribution in [2.75, 3.05) is 0 Å².